The molecule has 2 amide bonds. The van der Waals surface area contributed by atoms with E-state index >= 15 is 0 Å². The number of amides is 2. The maximum absolute atomic E-state index is 13.2. The van der Waals surface area contributed by atoms with Gasteiger partial charge < -0.3 is 15.1 Å². The number of furan rings is 1. The summed E-state index contributed by atoms with van der Waals surface area (Å²) in [5.41, 5.74) is 4.14. The molecule has 0 unspecified atom stereocenters. The normalized spacial score (nSPS) is 14.1. The first kappa shape index (κ1) is 18.0. The van der Waals surface area contributed by atoms with Gasteiger partial charge in [0.1, 0.15) is 5.82 Å². The first-order valence-corrected chi connectivity index (χ1v) is 9.08. The van der Waals surface area contributed by atoms with Gasteiger partial charge in [0.25, 0.3) is 5.91 Å². The molecule has 1 aliphatic heterocycles. The molecule has 1 aliphatic rings. The summed E-state index contributed by atoms with van der Waals surface area (Å²) in [6.07, 6.45) is 2.59. The summed E-state index contributed by atoms with van der Waals surface area (Å²) in [6, 6.07) is 13.1. The minimum Gasteiger partial charge on any atom is -0.459 e. The maximum Gasteiger partial charge on any atom is 0.288 e. The Morgan fingerprint density at radius 3 is 2.71 bits per heavy atom. The van der Waals surface area contributed by atoms with Crippen LogP contribution in [0.3, 0.4) is 0 Å². The Balaban J connectivity index is 1.52. The van der Waals surface area contributed by atoms with E-state index in [1.165, 1.54) is 18.4 Å². The SMILES string of the molecule is C[C@@H](NC(=O)c1occc1-c1ccc(F)cc1)c1ccc2c(c1)CCC(=O)N2. The number of hydrogen-bond acceptors (Lipinski definition) is 3. The van der Waals surface area contributed by atoms with Gasteiger partial charge in [0.15, 0.2) is 5.76 Å². The third-order valence-electron chi connectivity index (χ3n) is 4.90. The Hall–Kier alpha value is -3.41. The van der Waals surface area contributed by atoms with E-state index in [2.05, 4.69) is 10.6 Å². The van der Waals surface area contributed by atoms with Crippen LogP contribution >= 0.6 is 0 Å². The third-order valence-corrected chi connectivity index (χ3v) is 4.90. The highest BCUT2D eigenvalue weighted by molar-refractivity contribution is 5.98. The predicted molar refractivity (Wildman–Crippen MR) is 103 cm³/mol. The van der Waals surface area contributed by atoms with Crippen LogP contribution in [0.2, 0.25) is 0 Å². The Labute approximate surface area is 161 Å². The van der Waals surface area contributed by atoms with Gasteiger partial charge in [-0.3, -0.25) is 9.59 Å². The molecular formula is C22H19FN2O3. The lowest BCUT2D eigenvalue weighted by Gasteiger charge is -2.20. The van der Waals surface area contributed by atoms with E-state index in [-0.39, 0.29) is 29.4 Å². The molecule has 0 radical (unpaired) electrons. The summed E-state index contributed by atoms with van der Waals surface area (Å²) in [6.45, 7) is 1.89. The fraction of sp³-hybridized carbons (Fsp3) is 0.182. The van der Waals surface area contributed by atoms with Crippen molar-refractivity contribution in [2.75, 3.05) is 5.32 Å². The molecular weight excluding hydrogens is 359 g/mol. The van der Waals surface area contributed by atoms with Crippen molar-refractivity contribution >= 4 is 17.5 Å². The van der Waals surface area contributed by atoms with Gasteiger partial charge in [-0.05, 0) is 54.3 Å². The van der Waals surface area contributed by atoms with E-state index in [9.17, 15) is 14.0 Å². The average Bonchev–Trinajstić information content (AvgIpc) is 3.18. The summed E-state index contributed by atoms with van der Waals surface area (Å²) in [5, 5.41) is 5.79. The number of carbonyl (C=O) groups is 2. The standard InChI is InChI=1S/C22H19FN2O3/c1-13(15-4-8-19-16(12-15)5-9-20(26)25-19)24-22(27)21-18(10-11-28-21)14-2-6-17(23)7-3-14/h2-4,6-8,10-13H,5,9H2,1H3,(H,24,27)(H,25,26)/t13-/m1/s1. The first-order valence-electron chi connectivity index (χ1n) is 9.08. The first-order chi connectivity index (χ1) is 13.5. The van der Waals surface area contributed by atoms with E-state index in [0.29, 0.717) is 24.0 Å². The van der Waals surface area contributed by atoms with E-state index in [1.807, 2.05) is 25.1 Å². The number of benzene rings is 2. The smallest absolute Gasteiger partial charge is 0.288 e. The number of aryl methyl sites for hydroxylation is 1. The molecule has 6 heteroatoms. The van der Waals surface area contributed by atoms with Gasteiger partial charge in [-0.15, -0.1) is 0 Å². The second kappa shape index (κ2) is 7.31. The molecule has 0 spiro atoms. The molecule has 1 atom stereocenters. The zero-order valence-electron chi connectivity index (χ0n) is 15.3. The Morgan fingerprint density at radius 1 is 1.14 bits per heavy atom. The Bertz CT molecular complexity index is 1040. The van der Waals surface area contributed by atoms with Crippen molar-refractivity contribution in [3.05, 3.63) is 77.5 Å². The number of rotatable bonds is 4. The average molecular weight is 378 g/mol. The Morgan fingerprint density at radius 2 is 1.93 bits per heavy atom. The molecule has 3 aromatic rings. The molecule has 0 saturated heterocycles. The van der Waals surface area contributed by atoms with Crippen LogP contribution < -0.4 is 10.6 Å². The summed E-state index contributed by atoms with van der Waals surface area (Å²) in [5.74, 6) is -0.477. The predicted octanol–water partition coefficient (Wildman–Crippen LogP) is 4.46. The maximum atomic E-state index is 13.2. The summed E-state index contributed by atoms with van der Waals surface area (Å²) in [4.78, 5) is 24.2. The van der Waals surface area contributed by atoms with Crippen LogP contribution in [0.25, 0.3) is 11.1 Å². The van der Waals surface area contributed by atoms with Crippen LogP contribution in [0, 0.1) is 5.82 Å². The van der Waals surface area contributed by atoms with Crippen molar-refractivity contribution in [1.29, 1.82) is 0 Å². The fourth-order valence-electron chi connectivity index (χ4n) is 3.36. The molecule has 0 aliphatic carbocycles. The van der Waals surface area contributed by atoms with Crippen LogP contribution in [0.4, 0.5) is 10.1 Å². The highest BCUT2D eigenvalue weighted by Gasteiger charge is 2.21. The van der Waals surface area contributed by atoms with Crippen molar-refractivity contribution < 1.29 is 18.4 Å². The fourth-order valence-corrected chi connectivity index (χ4v) is 3.36. The van der Waals surface area contributed by atoms with Crippen molar-refractivity contribution in [1.82, 2.24) is 5.32 Å². The summed E-state index contributed by atoms with van der Waals surface area (Å²) >= 11 is 0. The molecule has 142 valence electrons. The molecule has 2 aromatic carbocycles. The van der Waals surface area contributed by atoms with Crippen molar-refractivity contribution in [3.8, 4) is 11.1 Å². The van der Waals surface area contributed by atoms with Gasteiger partial charge in [0, 0.05) is 17.7 Å². The van der Waals surface area contributed by atoms with Crippen LogP contribution in [-0.2, 0) is 11.2 Å². The zero-order valence-corrected chi connectivity index (χ0v) is 15.3. The second-order valence-electron chi connectivity index (χ2n) is 6.83. The third kappa shape index (κ3) is 3.53. The van der Waals surface area contributed by atoms with E-state index in [1.54, 1.807) is 18.2 Å². The molecule has 5 nitrogen and oxygen atoms in total. The van der Waals surface area contributed by atoms with Gasteiger partial charge in [-0.1, -0.05) is 24.3 Å². The summed E-state index contributed by atoms with van der Waals surface area (Å²) in [7, 11) is 0. The molecule has 2 heterocycles. The summed E-state index contributed by atoms with van der Waals surface area (Å²) < 4.78 is 18.6. The number of fused-ring (bicyclic) bond motifs is 1. The lowest BCUT2D eigenvalue weighted by molar-refractivity contribution is -0.116. The van der Waals surface area contributed by atoms with E-state index in [4.69, 9.17) is 4.42 Å². The molecule has 28 heavy (non-hydrogen) atoms. The number of anilines is 1. The lowest BCUT2D eigenvalue weighted by atomic mass is 9.97. The molecule has 2 N–H and O–H groups in total. The topological polar surface area (TPSA) is 71.3 Å². The number of halogens is 1. The van der Waals surface area contributed by atoms with E-state index < -0.39 is 0 Å². The minimum atomic E-state index is -0.345. The highest BCUT2D eigenvalue weighted by Crippen LogP contribution is 2.28. The van der Waals surface area contributed by atoms with Crippen LogP contribution in [0.5, 0.6) is 0 Å². The molecule has 4 rings (SSSR count). The van der Waals surface area contributed by atoms with Gasteiger partial charge in [-0.2, -0.15) is 0 Å². The lowest BCUT2D eigenvalue weighted by Crippen LogP contribution is -2.27. The van der Waals surface area contributed by atoms with E-state index in [0.717, 1.165) is 16.8 Å². The largest absolute Gasteiger partial charge is 0.459 e. The van der Waals surface area contributed by atoms with Gasteiger partial charge in [0.2, 0.25) is 5.91 Å². The molecule has 0 saturated carbocycles. The van der Waals surface area contributed by atoms with Gasteiger partial charge in [-0.25, -0.2) is 4.39 Å². The monoisotopic (exact) mass is 378 g/mol. The van der Waals surface area contributed by atoms with Gasteiger partial charge in [0.05, 0.1) is 12.3 Å². The van der Waals surface area contributed by atoms with Crippen LogP contribution in [-0.4, -0.2) is 11.8 Å². The van der Waals surface area contributed by atoms with Crippen molar-refractivity contribution in [2.45, 2.75) is 25.8 Å². The number of hydrogen-bond donors (Lipinski definition) is 2. The second-order valence-corrected chi connectivity index (χ2v) is 6.83. The van der Waals surface area contributed by atoms with Crippen LogP contribution in [0.1, 0.15) is 41.1 Å². The van der Waals surface area contributed by atoms with Crippen LogP contribution in [0.15, 0.2) is 59.2 Å². The Kier molecular flexibility index (Phi) is 4.69. The van der Waals surface area contributed by atoms with Crippen molar-refractivity contribution in [2.24, 2.45) is 0 Å². The number of nitrogens with one attached hydrogen (secondary N) is 2. The van der Waals surface area contributed by atoms with Crippen molar-refractivity contribution in [3.63, 3.8) is 0 Å². The molecule has 0 bridgehead atoms. The minimum absolute atomic E-state index is 0.0211. The molecule has 0 fully saturated rings. The molecule has 1 aromatic heterocycles. The number of carbonyl (C=O) groups excluding carboxylic acids is 2. The van der Waals surface area contributed by atoms with Gasteiger partial charge >= 0.3 is 0 Å². The highest BCUT2D eigenvalue weighted by atomic mass is 19.1. The zero-order chi connectivity index (χ0) is 19.7. The quantitative estimate of drug-likeness (QED) is 0.704.